The van der Waals surface area contributed by atoms with E-state index in [0.29, 0.717) is 10.8 Å². The lowest BCUT2D eigenvalue weighted by Crippen LogP contribution is -2.22. The molecule has 0 N–H and O–H groups in total. The van der Waals surface area contributed by atoms with Crippen LogP contribution in [0.2, 0.25) is 5.02 Å². The molecular weight excluding hydrogens is 290 g/mol. The number of carbonyl (C=O) groups is 1. The van der Waals surface area contributed by atoms with Gasteiger partial charge in [-0.25, -0.2) is 14.5 Å². The van der Waals surface area contributed by atoms with Gasteiger partial charge in [-0.3, -0.25) is 0 Å². The molecule has 21 heavy (non-hydrogen) atoms. The van der Waals surface area contributed by atoms with Crippen LogP contribution in [0, 0.1) is 0 Å². The summed E-state index contributed by atoms with van der Waals surface area (Å²) in [6.07, 6.45) is 4.31. The first-order chi connectivity index (χ1) is 9.83. The van der Waals surface area contributed by atoms with E-state index in [2.05, 4.69) is 10.1 Å². The van der Waals surface area contributed by atoms with Crippen LogP contribution in [-0.4, -0.2) is 26.3 Å². The Morgan fingerprint density at radius 2 is 2.14 bits per heavy atom. The summed E-state index contributed by atoms with van der Waals surface area (Å²) < 4.78 is 6.61. The summed E-state index contributed by atoms with van der Waals surface area (Å²) in [5.74, 6) is 0.105. The third kappa shape index (κ3) is 4.72. The molecule has 1 aromatic carbocycles. The third-order valence-electron chi connectivity index (χ3n) is 2.36. The lowest BCUT2D eigenvalue weighted by molar-refractivity contribution is -0.148. The molecule has 0 spiro atoms. The molecule has 0 fully saturated rings. The minimum atomic E-state index is -0.518. The molecule has 0 atom stereocenters. The van der Waals surface area contributed by atoms with Gasteiger partial charge in [0.05, 0.1) is 0 Å². The highest BCUT2D eigenvalue weighted by Gasteiger charge is 2.14. The van der Waals surface area contributed by atoms with Crippen molar-refractivity contribution in [1.29, 1.82) is 0 Å². The van der Waals surface area contributed by atoms with Crippen LogP contribution in [0.4, 0.5) is 0 Å². The predicted octanol–water partition coefficient (Wildman–Crippen LogP) is 3.41. The fourth-order valence-corrected chi connectivity index (χ4v) is 1.77. The second-order valence-electron chi connectivity index (χ2n) is 5.41. The molecule has 0 aliphatic rings. The van der Waals surface area contributed by atoms with Crippen molar-refractivity contribution < 1.29 is 9.53 Å². The Balaban J connectivity index is 2.09. The van der Waals surface area contributed by atoms with Crippen molar-refractivity contribution in [3.05, 3.63) is 41.7 Å². The number of aromatic nitrogens is 3. The van der Waals surface area contributed by atoms with Crippen LogP contribution in [0.15, 0.2) is 36.7 Å². The average Bonchev–Trinajstić information content (AvgIpc) is 2.83. The zero-order chi connectivity index (χ0) is 15.5. The lowest BCUT2D eigenvalue weighted by Gasteiger charge is -2.17. The van der Waals surface area contributed by atoms with E-state index in [4.69, 9.17) is 16.3 Å². The van der Waals surface area contributed by atoms with Gasteiger partial charge >= 0.3 is 5.97 Å². The van der Waals surface area contributed by atoms with Gasteiger partial charge in [-0.2, -0.15) is 0 Å². The summed E-state index contributed by atoms with van der Waals surface area (Å²) in [5, 5.41) is 4.86. The van der Waals surface area contributed by atoms with Gasteiger partial charge in [0.25, 0.3) is 0 Å². The molecule has 0 aliphatic heterocycles. The number of hydrogen-bond donors (Lipinski definition) is 0. The molecule has 6 heteroatoms. The summed E-state index contributed by atoms with van der Waals surface area (Å²) in [6, 6.07) is 7.25. The van der Waals surface area contributed by atoms with Crippen molar-refractivity contribution in [2.45, 2.75) is 26.4 Å². The number of rotatable bonds is 3. The maximum atomic E-state index is 11.6. The maximum Gasteiger partial charge on any atom is 0.332 e. The van der Waals surface area contributed by atoms with Crippen LogP contribution in [0.3, 0.4) is 0 Å². The maximum absolute atomic E-state index is 11.6. The lowest BCUT2D eigenvalue weighted by atomic mass is 10.2. The van der Waals surface area contributed by atoms with E-state index in [1.807, 2.05) is 32.9 Å². The van der Waals surface area contributed by atoms with Crippen LogP contribution in [-0.2, 0) is 9.53 Å². The van der Waals surface area contributed by atoms with Crippen LogP contribution >= 0.6 is 11.6 Å². The SMILES string of the molecule is CC(C)(C)OC(=O)/C=C/n1cnc(-c2cccc(Cl)c2)n1. The number of ether oxygens (including phenoxy) is 1. The molecule has 0 saturated carbocycles. The highest BCUT2D eigenvalue weighted by molar-refractivity contribution is 6.30. The molecule has 0 saturated heterocycles. The number of hydrogen-bond acceptors (Lipinski definition) is 4. The molecule has 2 aromatic rings. The topological polar surface area (TPSA) is 57.0 Å². The van der Waals surface area contributed by atoms with Gasteiger partial charge in [0.15, 0.2) is 5.82 Å². The van der Waals surface area contributed by atoms with E-state index in [1.54, 1.807) is 12.1 Å². The average molecular weight is 306 g/mol. The monoisotopic (exact) mass is 305 g/mol. The Kier molecular flexibility index (Phi) is 4.43. The minimum absolute atomic E-state index is 0.428. The van der Waals surface area contributed by atoms with Gasteiger partial charge in [-0.05, 0) is 32.9 Å². The predicted molar refractivity (Wildman–Crippen MR) is 81.6 cm³/mol. The van der Waals surface area contributed by atoms with Crippen molar-refractivity contribution in [2.75, 3.05) is 0 Å². The van der Waals surface area contributed by atoms with Crippen molar-refractivity contribution in [3.8, 4) is 11.4 Å². The minimum Gasteiger partial charge on any atom is -0.457 e. The summed E-state index contributed by atoms with van der Waals surface area (Å²) >= 11 is 5.93. The number of halogens is 1. The number of esters is 1. The van der Waals surface area contributed by atoms with E-state index >= 15 is 0 Å². The molecular formula is C15H16ClN3O2. The molecule has 110 valence electrons. The summed E-state index contributed by atoms with van der Waals surface area (Å²) in [7, 11) is 0. The summed E-state index contributed by atoms with van der Waals surface area (Å²) in [6.45, 7) is 5.43. The number of carbonyl (C=O) groups excluding carboxylic acids is 1. The Bertz CT molecular complexity index is 672. The zero-order valence-corrected chi connectivity index (χ0v) is 12.8. The first kappa shape index (κ1) is 15.3. The number of nitrogens with zero attached hydrogens (tertiary/aromatic N) is 3. The van der Waals surface area contributed by atoms with Gasteiger partial charge in [-0.1, -0.05) is 23.7 Å². The second-order valence-corrected chi connectivity index (χ2v) is 5.84. The second kappa shape index (κ2) is 6.10. The molecule has 1 aromatic heterocycles. The van der Waals surface area contributed by atoms with Gasteiger partial charge in [0, 0.05) is 22.9 Å². The molecule has 0 radical (unpaired) electrons. The Morgan fingerprint density at radius 1 is 1.38 bits per heavy atom. The Morgan fingerprint density at radius 3 is 2.81 bits per heavy atom. The molecule has 5 nitrogen and oxygen atoms in total. The van der Waals surface area contributed by atoms with Crippen LogP contribution in [0.25, 0.3) is 17.6 Å². The summed E-state index contributed by atoms with van der Waals surface area (Å²) in [5.41, 5.74) is 0.294. The quantitative estimate of drug-likeness (QED) is 0.644. The molecule has 0 unspecified atom stereocenters. The van der Waals surface area contributed by atoms with Crippen LogP contribution in [0.1, 0.15) is 20.8 Å². The largest absolute Gasteiger partial charge is 0.457 e. The van der Waals surface area contributed by atoms with Crippen molar-refractivity contribution in [1.82, 2.24) is 14.8 Å². The summed E-state index contributed by atoms with van der Waals surface area (Å²) in [4.78, 5) is 15.7. The van der Waals surface area contributed by atoms with Gasteiger partial charge < -0.3 is 4.74 Å². The van der Waals surface area contributed by atoms with E-state index in [-0.39, 0.29) is 0 Å². The third-order valence-corrected chi connectivity index (χ3v) is 2.60. The van der Waals surface area contributed by atoms with E-state index in [0.717, 1.165) is 5.56 Å². The van der Waals surface area contributed by atoms with Gasteiger partial charge in [0.2, 0.25) is 0 Å². The van der Waals surface area contributed by atoms with Crippen LogP contribution < -0.4 is 0 Å². The fraction of sp³-hybridized carbons (Fsp3) is 0.267. The first-order valence-corrected chi connectivity index (χ1v) is 6.79. The standard InChI is InChI=1S/C15H16ClN3O2/c1-15(2,3)21-13(20)7-8-19-10-17-14(18-19)11-5-4-6-12(16)9-11/h4-10H,1-3H3/b8-7+. The van der Waals surface area contributed by atoms with Crippen molar-refractivity contribution in [3.63, 3.8) is 0 Å². The van der Waals surface area contributed by atoms with Crippen molar-refractivity contribution in [2.24, 2.45) is 0 Å². The van der Waals surface area contributed by atoms with Crippen LogP contribution in [0.5, 0.6) is 0 Å². The highest BCUT2D eigenvalue weighted by Crippen LogP contribution is 2.18. The fourth-order valence-electron chi connectivity index (χ4n) is 1.58. The molecule has 0 bridgehead atoms. The molecule has 0 aliphatic carbocycles. The van der Waals surface area contributed by atoms with E-state index < -0.39 is 11.6 Å². The van der Waals surface area contributed by atoms with E-state index in [1.165, 1.54) is 23.3 Å². The normalized spacial score (nSPS) is 11.8. The number of benzene rings is 1. The van der Waals surface area contributed by atoms with Gasteiger partial charge in [-0.15, -0.1) is 5.10 Å². The molecule has 0 amide bonds. The first-order valence-electron chi connectivity index (χ1n) is 6.42. The Hall–Kier alpha value is -2.14. The molecule has 2 rings (SSSR count). The van der Waals surface area contributed by atoms with Gasteiger partial charge in [0.1, 0.15) is 11.9 Å². The smallest absolute Gasteiger partial charge is 0.332 e. The highest BCUT2D eigenvalue weighted by atomic mass is 35.5. The van der Waals surface area contributed by atoms with E-state index in [9.17, 15) is 4.79 Å². The molecule has 1 heterocycles. The Labute approximate surface area is 128 Å². The van der Waals surface area contributed by atoms with Crippen molar-refractivity contribution >= 4 is 23.8 Å². The zero-order valence-electron chi connectivity index (χ0n) is 12.1.